The van der Waals surface area contributed by atoms with Crippen molar-refractivity contribution in [3.8, 4) is 11.8 Å². The molecule has 0 fully saturated rings. The van der Waals surface area contributed by atoms with Crippen LogP contribution < -0.4 is 10.5 Å². The van der Waals surface area contributed by atoms with E-state index in [2.05, 4.69) is 9.97 Å². The zero-order valence-corrected chi connectivity index (χ0v) is 12.0. The maximum atomic E-state index is 10.7. The molecule has 0 saturated carbocycles. The molecule has 1 aromatic carbocycles. The molecule has 0 unspecified atom stereocenters. The first kappa shape index (κ1) is 14.7. The number of hydrogen-bond acceptors (Lipinski definition) is 6. The minimum absolute atomic E-state index is 0.00870. The van der Waals surface area contributed by atoms with Crippen LogP contribution in [0.3, 0.4) is 0 Å². The van der Waals surface area contributed by atoms with Crippen LogP contribution in [0, 0.1) is 17.0 Å². The third kappa shape index (κ3) is 3.25. The number of aryl methyl sites for hydroxylation is 1. The van der Waals surface area contributed by atoms with Crippen LogP contribution in [-0.2, 0) is 0 Å². The van der Waals surface area contributed by atoms with Crippen molar-refractivity contribution in [2.24, 2.45) is 0 Å². The normalized spacial score (nSPS) is 10.7. The summed E-state index contributed by atoms with van der Waals surface area (Å²) in [6, 6.07) is 5.83. The van der Waals surface area contributed by atoms with Crippen LogP contribution in [0.5, 0.6) is 11.8 Å². The summed E-state index contributed by atoms with van der Waals surface area (Å²) in [5, 5.41) is 10.7. The van der Waals surface area contributed by atoms with E-state index in [4.69, 9.17) is 10.5 Å². The Kier molecular flexibility index (Phi) is 4.02. The van der Waals surface area contributed by atoms with E-state index in [1.54, 1.807) is 0 Å². The highest BCUT2D eigenvalue weighted by Gasteiger charge is 2.16. The summed E-state index contributed by atoms with van der Waals surface area (Å²) >= 11 is 0. The van der Waals surface area contributed by atoms with E-state index in [-0.39, 0.29) is 23.4 Å². The van der Waals surface area contributed by atoms with Crippen LogP contribution >= 0.6 is 0 Å². The number of nitrogens with zero attached hydrogens (tertiary/aromatic N) is 3. The predicted molar refractivity (Wildman–Crippen MR) is 78.4 cm³/mol. The molecule has 7 nitrogen and oxygen atoms in total. The standard InChI is InChI=1S/C14H16N4O3/c1-8(2)10-5-4-9(3)6-12(10)21-14-16-7-11(18(19)20)13(15)17-14/h4-8H,1-3H3,(H2,15,16,17). The number of hydrogen-bond donors (Lipinski definition) is 1. The zero-order chi connectivity index (χ0) is 15.6. The SMILES string of the molecule is Cc1ccc(C(C)C)c(Oc2ncc([N+](=O)[O-])c(N)n2)c1. The lowest BCUT2D eigenvalue weighted by Crippen LogP contribution is -2.03. The van der Waals surface area contributed by atoms with Crippen LogP contribution in [0.15, 0.2) is 24.4 Å². The maximum Gasteiger partial charge on any atom is 0.329 e. The topological polar surface area (TPSA) is 104 Å². The molecule has 1 heterocycles. The number of nitrogen functional groups attached to an aromatic ring is 1. The molecule has 0 atom stereocenters. The first-order chi connectivity index (χ1) is 9.88. The van der Waals surface area contributed by atoms with Gasteiger partial charge in [0.25, 0.3) is 0 Å². The van der Waals surface area contributed by atoms with Crippen molar-refractivity contribution < 1.29 is 9.66 Å². The number of aromatic nitrogens is 2. The second-order valence-corrected chi connectivity index (χ2v) is 4.98. The number of nitro groups is 1. The van der Waals surface area contributed by atoms with Gasteiger partial charge >= 0.3 is 11.7 Å². The van der Waals surface area contributed by atoms with Gasteiger partial charge in [-0.3, -0.25) is 10.1 Å². The van der Waals surface area contributed by atoms with Gasteiger partial charge in [0.1, 0.15) is 11.9 Å². The summed E-state index contributed by atoms with van der Waals surface area (Å²) < 4.78 is 5.64. The molecule has 0 aliphatic carbocycles. The van der Waals surface area contributed by atoms with Gasteiger partial charge in [0.2, 0.25) is 5.82 Å². The van der Waals surface area contributed by atoms with Gasteiger partial charge in [-0.05, 0) is 30.0 Å². The van der Waals surface area contributed by atoms with Crippen molar-refractivity contribution in [1.29, 1.82) is 0 Å². The highest BCUT2D eigenvalue weighted by molar-refractivity contribution is 5.51. The van der Waals surface area contributed by atoms with E-state index in [0.717, 1.165) is 17.3 Å². The Hall–Kier alpha value is -2.70. The first-order valence-corrected chi connectivity index (χ1v) is 6.43. The van der Waals surface area contributed by atoms with Crippen LogP contribution in [-0.4, -0.2) is 14.9 Å². The Morgan fingerprint density at radius 3 is 2.67 bits per heavy atom. The van der Waals surface area contributed by atoms with Crippen LogP contribution in [0.1, 0.15) is 30.9 Å². The van der Waals surface area contributed by atoms with Crippen molar-refractivity contribution in [2.45, 2.75) is 26.7 Å². The average molecular weight is 288 g/mol. The average Bonchev–Trinajstić information content (AvgIpc) is 2.37. The van der Waals surface area contributed by atoms with Crippen molar-refractivity contribution in [2.75, 3.05) is 5.73 Å². The monoisotopic (exact) mass is 288 g/mol. The minimum Gasteiger partial charge on any atom is -0.424 e. The molecule has 0 saturated heterocycles. The van der Waals surface area contributed by atoms with Gasteiger partial charge in [0.05, 0.1) is 4.92 Å². The van der Waals surface area contributed by atoms with Gasteiger partial charge in [-0.2, -0.15) is 9.97 Å². The quantitative estimate of drug-likeness (QED) is 0.684. The second kappa shape index (κ2) is 5.74. The summed E-state index contributed by atoms with van der Waals surface area (Å²) in [5.41, 5.74) is 7.23. The molecule has 2 rings (SSSR count). The Morgan fingerprint density at radius 2 is 2.10 bits per heavy atom. The van der Waals surface area contributed by atoms with Crippen molar-refractivity contribution >= 4 is 11.5 Å². The molecule has 2 N–H and O–H groups in total. The van der Waals surface area contributed by atoms with Gasteiger partial charge in [0, 0.05) is 0 Å². The fourth-order valence-electron chi connectivity index (χ4n) is 1.87. The second-order valence-electron chi connectivity index (χ2n) is 4.98. The minimum atomic E-state index is -0.634. The molecule has 0 spiro atoms. The van der Waals surface area contributed by atoms with E-state index in [9.17, 15) is 10.1 Å². The molecule has 110 valence electrons. The highest BCUT2D eigenvalue weighted by atomic mass is 16.6. The smallest absolute Gasteiger partial charge is 0.329 e. The zero-order valence-electron chi connectivity index (χ0n) is 12.0. The lowest BCUT2D eigenvalue weighted by Gasteiger charge is -2.13. The molecular formula is C14H16N4O3. The summed E-state index contributed by atoms with van der Waals surface area (Å²) in [4.78, 5) is 17.7. The molecule has 0 aliphatic heterocycles. The number of rotatable bonds is 4. The van der Waals surface area contributed by atoms with Gasteiger partial charge < -0.3 is 10.5 Å². The van der Waals surface area contributed by atoms with Crippen molar-refractivity contribution in [3.63, 3.8) is 0 Å². The molecular weight excluding hydrogens is 272 g/mol. The van der Waals surface area contributed by atoms with E-state index in [0.29, 0.717) is 5.75 Å². The Balaban J connectivity index is 2.36. The third-order valence-electron chi connectivity index (χ3n) is 2.96. The molecule has 0 aliphatic rings. The first-order valence-electron chi connectivity index (χ1n) is 6.43. The van der Waals surface area contributed by atoms with Crippen molar-refractivity contribution in [1.82, 2.24) is 9.97 Å². The number of benzene rings is 1. The third-order valence-corrected chi connectivity index (χ3v) is 2.96. The Bertz CT molecular complexity index is 686. The summed E-state index contributed by atoms with van der Waals surface area (Å²) in [6.07, 6.45) is 1.04. The Labute approximate surface area is 121 Å². The summed E-state index contributed by atoms with van der Waals surface area (Å²) in [6.45, 7) is 6.03. The van der Waals surface area contributed by atoms with Crippen LogP contribution in [0.25, 0.3) is 0 Å². The molecule has 7 heteroatoms. The van der Waals surface area contributed by atoms with E-state index in [1.165, 1.54) is 0 Å². The maximum absolute atomic E-state index is 10.7. The number of anilines is 1. The number of nitrogens with two attached hydrogens (primary N) is 1. The van der Waals surface area contributed by atoms with Crippen LogP contribution in [0.4, 0.5) is 11.5 Å². The largest absolute Gasteiger partial charge is 0.424 e. The molecule has 0 radical (unpaired) electrons. The molecule has 2 aromatic rings. The highest BCUT2D eigenvalue weighted by Crippen LogP contribution is 2.31. The lowest BCUT2D eigenvalue weighted by atomic mass is 10.0. The molecule has 0 amide bonds. The lowest BCUT2D eigenvalue weighted by molar-refractivity contribution is -0.384. The molecule has 1 aromatic heterocycles. The van der Waals surface area contributed by atoms with Gasteiger partial charge in [0.15, 0.2) is 0 Å². The van der Waals surface area contributed by atoms with Gasteiger partial charge in [-0.25, -0.2) is 0 Å². The fourth-order valence-corrected chi connectivity index (χ4v) is 1.87. The van der Waals surface area contributed by atoms with Crippen LogP contribution in [0.2, 0.25) is 0 Å². The molecule has 0 bridgehead atoms. The van der Waals surface area contributed by atoms with Gasteiger partial charge in [-0.15, -0.1) is 0 Å². The van der Waals surface area contributed by atoms with E-state index >= 15 is 0 Å². The summed E-state index contributed by atoms with van der Waals surface area (Å²) in [5.74, 6) is 0.665. The van der Waals surface area contributed by atoms with Crippen molar-refractivity contribution in [3.05, 3.63) is 45.6 Å². The fraction of sp³-hybridized carbons (Fsp3) is 0.286. The van der Waals surface area contributed by atoms with E-state index in [1.807, 2.05) is 39.0 Å². The van der Waals surface area contributed by atoms with Gasteiger partial charge in [-0.1, -0.05) is 26.0 Å². The summed E-state index contributed by atoms with van der Waals surface area (Å²) in [7, 11) is 0. The Morgan fingerprint density at radius 1 is 1.38 bits per heavy atom. The molecule has 21 heavy (non-hydrogen) atoms. The van der Waals surface area contributed by atoms with E-state index < -0.39 is 4.92 Å². The number of ether oxygens (including phenoxy) is 1. The predicted octanol–water partition coefficient (Wildman–Crippen LogP) is 3.19.